The zero-order chi connectivity index (χ0) is 14.9. The molecule has 0 aliphatic heterocycles. The third-order valence-electron chi connectivity index (χ3n) is 3.68. The summed E-state index contributed by atoms with van der Waals surface area (Å²) >= 11 is 3.47. The van der Waals surface area contributed by atoms with E-state index in [-0.39, 0.29) is 0 Å². The lowest BCUT2D eigenvalue weighted by Crippen LogP contribution is -1.86. The Morgan fingerprint density at radius 2 is 1.68 bits per heavy atom. The van der Waals surface area contributed by atoms with E-state index in [1.165, 1.54) is 5.39 Å². The third-order valence-corrected chi connectivity index (χ3v) is 4.20. The largest absolute Gasteiger partial charge is 0.345 e. The fourth-order valence-corrected chi connectivity index (χ4v) is 2.88. The van der Waals surface area contributed by atoms with E-state index in [0.717, 1.165) is 32.2 Å². The molecule has 0 saturated carbocycles. The maximum atomic E-state index is 4.91. The summed E-state index contributed by atoms with van der Waals surface area (Å²) in [6.45, 7) is 0. The van der Waals surface area contributed by atoms with E-state index in [1.807, 2.05) is 24.3 Å². The van der Waals surface area contributed by atoms with Crippen LogP contribution < -0.4 is 0 Å². The molecule has 106 valence electrons. The van der Waals surface area contributed by atoms with Gasteiger partial charge in [-0.1, -0.05) is 52.3 Å². The molecule has 0 radical (unpaired) electrons. The van der Waals surface area contributed by atoms with E-state index in [2.05, 4.69) is 62.7 Å². The Bertz CT molecular complexity index is 931. The summed E-state index contributed by atoms with van der Waals surface area (Å²) < 4.78 is 5.98. The Labute approximate surface area is 135 Å². The van der Waals surface area contributed by atoms with Crippen molar-refractivity contribution in [3.63, 3.8) is 0 Å². The molecule has 0 fully saturated rings. The van der Waals surface area contributed by atoms with E-state index in [1.54, 1.807) is 6.26 Å². The Morgan fingerprint density at radius 3 is 2.45 bits per heavy atom. The summed E-state index contributed by atoms with van der Waals surface area (Å²) in [7, 11) is 0. The SMILES string of the molecule is Brc1ccc(-c2cc(-c3conn3)c3ccccc3c2)cc1. The predicted octanol–water partition coefficient (Wildman–Crippen LogP) is 5.32. The number of nitrogens with zero attached hydrogens (tertiary/aromatic N) is 2. The maximum Gasteiger partial charge on any atom is 0.152 e. The van der Waals surface area contributed by atoms with Crippen LogP contribution in [0.25, 0.3) is 33.2 Å². The average Bonchev–Trinajstić information content (AvgIpc) is 3.09. The van der Waals surface area contributed by atoms with Crippen LogP contribution in [-0.4, -0.2) is 10.4 Å². The van der Waals surface area contributed by atoms with E-state index in [9.17, 15) is 0 Å². The van der Waals surface area contributed by atoms with Crippen LogP contribution in [0.1, 0.15) is 0 Å². The van der Waals surface area contributed by atoms with Crippen molar-refractivity contribution in [2.24, 2.45) is 0 Å². The molecular weight excluding hydrogens is 340 g/mol. The number of fused-ring (bicyclic) bond motifs is 1. The minimum Gasteiger partial charge on any atom is -0.345 e. The van der Waals surface area contributed by atoms with Gasteiger partial charge in [0.25, 0.3) is 0 Å². The molecule has 4 rings (SSSR count). The summed E-state index contributed by atoms with van der Waals surface area (Å²) in [4.78, 5) is 0. The van der Waals surface area contributed by atoms with Crippen molar-refractivity contribution in [1.29, 1.82) is 0 Å². The van der Waals surface area contributed by atoms with Crippen molar-refractivity contribution >= 4 is 26.7 Å². The summed E-state index contributed by atoms with van der Waals surface area (Å²) in [5.41, 5.74) is 4.07. The lowest BCUT2D eigenvalue weighted by Gasteiger charge is -2.09. The van der Waals surface area contributed by atoms with Gasteiger partial charge in [0.05, 0.1) is 0 Å². The second-order valence-corrected chi connectivity index (χ2v) is 5.96. The highest BCUT2D eigenvalue weighted by Crippen LogP contribution is 2.33. The molecular formula is C18H11BrN2O. The van der Waals surface area contributed by atoms with Gasteiger partial charge >= 0.3 is 0 Å². The number of halogens is 1. The van der Waals surface area contributed by atoms with Crippen LogP contribution in [0, 0.1) is 0 Å². The minimum absolute atomic E-state index is 0.746. The van der Waals surface area contributed by atoms with E-state index >= 15 is 0 Å². The molecule has 1 heterocycles. The van der Waals surface area contributed by atoms with Crippen molar-refractivity contribution < 1.29 is 4.52 Å². The van der Waals surface area contributed by atoms with Gasteiger partial charge in [0.1, 0.15) is 5.69 Å². The summed E-state index contributed by atoms with van der Waals surface area (Å²) in [5.74, 6) is 0. The summed E-state index contributed by atoms with van der Waals surface area (Å²) in [6.07, 6.45) is 1.58. The highest BCUT2D eigenvalue weighted by molar-refractivity contribution is 9.10. The second-order valence-electron chi connectivity index (χ2n) is 5.04. The Balaban J connectivity index is 1.99. The number of hydrogen-bond donors (Lipinski definition) is 0. The van der Waals surface area contributed by atoms with Crippen LogP contribution in [0.4, 0.5) is 0 Å². The quantitative estimate of drug-likeness (QED) is 0.491. The minimum atomic E-state index is 0.746. The van der Waals surface area contributed by atoms with Gasteiger partial charge in [0, 0.05) is 15.3 Å². The van der Waals surface area contributed by atoms with Crippen molar-refractivity contribution in [3.05, 3.63) is 71.4 Å². The van der Waals surface area contributed by atoms with Crippen LogP contribution in [-0.2, 0) is 0 Å². The highest BCUT2D eigenvalue weighted by atomic mass is 79.9. The van der Waals surface area contributed by atoms with Gasteiger partial charge in [-0.2, -0.15) is 0 Å². The van der Waals surface area contributed by atoms with E-state index in [4.69, 9.17) is 4.52 Å². The van der Waals surface area contributed by atoms with Crippen LogP contribution >= 0.6 is 15.9 Å². The Hall–Kier alpha value is -2.46. The van der Waals surface area contributed by atoms with Crippen molar-refractivity contribution in [1.82, 2.24) is 10.4 Å². The fourth-order valence-electron chi connectivity index (χ4n) is 2.61. The molecule has 4 heteroatoms. The second kappa shape index (κ2) is 5.39. The van der Waals surface area contributed by atoms with Gasteiger partial charge in [0.15, 0.2) is 6.26 Å². The molecule has 0 spiro atoms. The molecule has 22 heavy (non-hydrogen) atoms. The highest BCUT2D eigenvalue weighted by Gasteiger charge is 2.10. The van der Waals surface area contributed by atoms with Crippen molar-refractivity contribution in [3.8, 4) is 22.4 Å². The molecule has 0 amide bonds. The van der Waals surface area contributed by atoms with E-state index in [0.29, 0.717) is 0 Å². The first-order valence-electron chi connectivity index (χ1n) is 6.87. The topological polar surface area (TPSA) is 38.9 Å². The first-order valence-corrected chi connectivity index (χ1v) is 7.67. The number of benzene rings is 3. The van der Waals surface area contributed by atoms with Gasteiger partial charge in [-0.05, 0) is 46.2 Å². The normalized spacial score (nSPS) is 11.0. The molecule has 0 bridgehead atoms. The van der Waals surface area contributed by atoms with Crippen molar-refractivity contribution in [2.45, 2.75) is 0 Å². The van der Waals surface area contributed by atoms with Crippen LogP contribution in [0.15, 0.2) is 75.9 Å². The standard InChI is InChI=1S/C18H11BrN2O/c19-15-7-5-12(6-8-15)14-9-13-3-1-2-4-16(13)17(10-14)18-11-22-21-20-18/h1-11H. The monoisotopic (exact) mass is 350 g/mol. The maximum absolute atomic E-state index is 4.91. The van der Waals surface area contributed by atoms with Crippen LogP contribution in [0.2, 0.25) is 0 Å². The lowest BCUT2D eigenvalue weighted by atomic mass is 9.96. The van der Waals surface area contributed by atoms with Gasteiger partial charge < -0.3 is 4.52 Å². The molecule has 3 nitrogen and oxygen atoms in total. The Morgan fingerprint density at radius 1 is 0.864 bits per heavy atom. The smallest absolute Gasteiger partial charge is 0.152 e. The summed E-state index contributed by atoms with van der Waals surface area (Å²) in [5, 5.41) is 9.96. The first kappa shape index (κ1) is 13.2. The average molecular weight is 351 g/mol. The molecule has 0 atom stereocenters. The van der Waals surface area contributed by atoms with Gasteiger partial charge in [0.2, 0.25) is 0 Å². The van der Waals surface area contributed by atoms with E-state index < -0.39 is 0 Å². The molecule has 0 aliphatic rings. The lowest BCUT2D eigenvalue weighted by molar-refractivity contribution is 0.393. The summed E-state index contributed by atoms with van der Waals surface area (Å²) in [6, 6.07) is 20.9. The molecule has 0 saturated heterocycles. The fraction of sp³-hybridized carbons (Fsp3) is 0. The van der Waals surface area contributed by atoms with Gasteiger partial charge in [-0.25, -0.2) is 0 Å². The number of rotatable bonds is 2. The molecule has 4 aromatic rings. The van der Waals surface area contributed by atoms with Gasteiger partial charge in [-0.3, -0.25) is 0 Å². The predicted molar refractivity (Wildman–Crippen MR) is 90.4 cm³/mol. The molecule has 0 N–H and O–H groups in total. The Kier molecular flexibility index (Phi) is 3.24. The van der Waals surface area contributed by atoms with Crippen LogP contribution in [0.3, 0.4) is 0 Å². The zero-order valence-electron chi connectivity index (χ0n) is 11.5. The van der Waals surface area contributed by atoms with Crippen LogP contribution in [0.5, 0.6) is 0 Å². The molecule has 1 aromatic heterocycles. The first-order chi connectivity index (χ1) is 10.8. The third kappa shape index (κ3) is 2.31. The van der Waals surface area contributed by atoms with Gasteiger partial charge in [-0.15, -0.1) is 5.10 Å². The van der Waals surface area contributed by atoms with Crippen molar-refractivity contribution in [2.75, 3.05) is 0 Å². The zero-order valence-corrected chi connectivity index (χ0v) is 13.1. The molecule has 0 unspecified atom stereocenters. The molecule has 3 aromatic carbocycles. The number of hydrogen-bond acceptors (Lipinski definition) is 3. The molecule has 0 aliphatic carbocycles. The number of aromatic nitrogens is 2.